The second kappa shape index (κ2) is 9.26. The number of sulfonamides is 1. The number of carbonyl (C=O) groups excluding carboxylic acids is 2. The van der Waals surface area contributed by atoms with Crippen molar-refractivity contribution in [1.82, 2.24) is 9.21 Å². The number of carbonyl (C=O) groups is 2. The summed E-state index contributed by atoms with van der Waals surface area (Å²) in [5.74, 6) is 0.440. The van der Waals surface area contributed by atoms with E-state index in [1.807, 2.05) is 0 Å². The van der Waals surface area contributed by atoms with Crippen LogP contribution in [0.1, 0.15) is 38.2 Å². The van der Waals surface area contributed by atoms with Crippen molar-refractivity contribution in [1.29, 1.82) is 0 Å². The lowest BCUT2D eigenvalue weighted by Crippen LogP contribution is -2.41. The smallest absolute Gasteiger partial charge is 0.243 e. The normalized spacial score (nSPS) is 20.7. The second-order valence-electron chi connectivity index (χ2n) is 8.67. The summed E-state index contributed by atoms with van der Waals surface area (Å²) in [5.41, 5.74) is 1.63. The highest BCUT2D eigenvalue weighted by atomic mass is 32.2. The Kier molecular flexibility index (Phi) is 6.64. The first kappa shape index (κ1) is 22.2. The van der Waals surface area contributed by atoms with Gasteiger partial charge >= 0.3 is 0 Å². The van der Waals surface area contributed by atoms with E-state index >= 15 is 0 Å². The van der Waals surface area contributed by atoms with E-state index in [0.29, 0.717) is 63.2 Å². The first-order chi connectivity index (χ1) is 14.9. The van der Waals surface area contributed by atoms with Gasteiger partial charge in [-0.3, -0.25) is 9.59 Å². The largest absolute Gasteiger partial charge is 0.378 e. The van der Waals surface area contributed by atoms with Crippen molar-refractivity contribution in [2.45, 2.75) is 43.9 Å². The van der Waals surface area contributed by atoms with Gasteiger partial charge in [-0.25, -0.2) is 8.42 Å². The van der Waals surface area contributed by atoms with Crippen LogP contribution in [0.4, 0.5) is 5.69 Å². The molecule has 0 N–H and O–H groups in total. The van der Waals surface area contributed by atoms with Crippen molar-refractivity contribution in [2.24, 2.45) is 5.92 Å². The summed E-state index contributed by atoms with van der Waals surface area (Å²) in [7, 11) is -3.51. The summed E-state index contributed by atoms with van der Waals surface area (Å²) in [5, 5.41) is 0. The van der Waals surface area contributed by atoms with E-state index < -0.39 is 10.0 Å². The lowest BCUT2D eigenvalue weighted by Gasteiger charge is -2.29. The van der Waals surface area contributed by atoms with Crippen molar-refractivity contribution in [3.05, 3.63) is 23.8 Å². The first-order valence-corrected chi connectivity index (χ1v) is 12.6. The molecule has 3 heterocycles. The maximum atomic E-state index is 13.0. The molecule has 2 saturated heterocycles. The molecule has 0 radical (unpaired) electrons. The van der Waals surface area contributed by atoms with Gasteiger partial charge in [-0.1, -0.05) is 6.92 Å². The zero-order valence-electron chi connectivity index (χ0n) is 18.1. The Bertz CT molecular complexity index is 934. The Labute approximate surface area is 184 Å². The molecular formula is C22H31N3O5S. The SMILES string of the molecule is CC1CCN(S(=O)(=O)c2ccc3c(c2)CCN3C(=O)CCC(=O)N2CCOCC2)CC1. The lowest BCUT2D eigenvalue weighted by molar-refractivity contribution is -0.136. The molecule has 31 heavy (non-hydrogen) atoms. The van der Waals surface area contributed by atoms with Crippen LogP contribution in [0.25, 0.3) is 0 Å². The standard InChI is InChI=1S/C22H31N3O5S/c1-17-6-9-24(10-7-17)31(28,29)19-2-3-20-18(16-19)8-11-25(20)22(27)5-4-21(26)23-12-14-30-15-13-23/h2-3,16-17H,4-15H2,1H3. The number of morpholine rings is 1. The van der Waals surface area contributed by atoms with Crippen LogP contribution in [0.3, 0.4) is 0 Å². The van der Waals surface area contributed by atoms with E-state index in [0.717, 1.165) is 24.1 Å². The van der Waals surface area contributed by atoms with Crippen LogP contribution in [0, 0.1) is 5.92 Å². The van der Waals surface area contributed by atoms with Crippen LogP contribution >= 0.6 is 0 Å². The zero-order valence-corrected chi connectivity index (χ0v) is 18.9. The van der Waals surface area contributed by atoms with Crippen LogP contribution in [-0.2, 0) is 30.8 Å². The van der Waals surface area contributed by atoms with Crippen molar-refractivity contribution in [3.63, 3.8) is 0 Å². The van der Waals surface area contributed by atoms with Gasteiger partial charge in [-0.05, 0) is 48.9 Å². The van der Waals surface area contributed by atoms with Crippen LogP contribution in [-0.4, -0.2) is 75.4 Å². The maximum absolute atomic E-state index is 13.0. The minimum atomic E-state index is -3.51. The molecule has 0 unspecified atom stereocenters. The Morgan fingerprint density at radius 3 is 2.39 bits per heavy atom. The number of amides is 2. The molecule has 3 aliphatic rings. The number of hydrogen-bond acceptors (Lipinski definition) is 5. The molecule has 1 aromatic rings. The summed E-state index contributed by atoms with van der Waals surface area (Å²) in [6, 6.07) is 5.06. The Morgan fingerprint density at radius 2 is 1.68 bits per heavy atom. The van der Waals surface area contributed by atoms with Gasteiger partial charge in [0.1, 0.15) is 0 Å². The third kappa shape index (κ3) is 4.78. The summed E-state index contributed by atoms with van der Waals surface area (Å²) in [6.07, 6.45) is 2.73. The number of nitrogens with zero attached hydrogens (tertiary/aromatic N) is 3. The minimum absolute atomic E-state index is 0.0200. The van der Waals surface area contributed by atoms with Gasteiger partial charge in [0.2, 0.25) is 21.8 Å². The number of rotatable bonds is 5. The summed E-state index contributed by atoms with van der Waals surface area (Å²) in [6.45, 7) is 6.02. The molecule has 9 heteroatoms. The van der Waals surface area contributed by atoms with Gasteiger partial charge in [0, 0.05) is 51.3 Å². The number of ether oxygens (including phenoxy) is 1. The van der Waals surface area contributed by atoms with E-state index in [1.54, 1.807) is 32.3 Å². The van der Waals surface area contributed by atoms with Crippen molar-refractivity contribution >= 4 is 27.5 Å². The Hall–Kier alpha value is -1.97. The molecule has 2 fully saturated rings. The summed E-state index contributed by atoms with van der Waals surface area (Å²) < 4.78 is 32.9. The summed E-state index contributed by atoms with van der Waals surface area (Å²) in [4.78, 5) is 28.8. The monoisotopic (exact) mass is 449 g/mol. The quantitative estimate of drug-likeness (QED) is 0.682. The highest BCUT2D eigenvalue weighted by Crippen LogP contribution is 2.32. The maximum Gasteiger partial charge on any atom is 0.243 e. The first-order valence-electron chi connectivity index (χ1n) is 11.2. The van der Waals surface area contributed by atoms with Crippen LogP contribution < -0.4 is 4.90 Å². The molecule has 0 saturated carbocycles. The van der Waals surface area contributed by atoms with Gasteiger partial charge in [0.15, 0.2) is 0 Å². The fraction of sp³-hybridized carbons (Fsp3) is 0.636. The summed E-state index contributed by atoms with van der Waals surface area (Å²) >= 11 is 0. The number of piperidine rings is 1. The van der Waals surface area contributed by atoms with E-state index in [4.69, 9.17) is 4.74 Å². The fourth-order valence-electron chi connectivity index (χ4n) is 4.49. The van der Waals surface area contributed by atoms with E-state index in [-0.39, 0.29) is 24.7 Å². The number of benzene rings is 1. The predicted molar refractivity (Wildman–Crippen MR) is 116 cm³/mol. The van der Waals surface area contributed by atoms with Gasteiger partial charge in [-0.2, -0.15) is 4.31 Å². The molecule has 2 amide bonds. The molecular weight excluding hydrogens is 418 g/mol. The van der Waals surface area contributed by atoms with Crippen LogP contribution in [0.5, 0.6) is 0 Å². The van der Waals surface area contributed by atoms with Crippen LogP contribution in [0.2, 0.25) is 0 Å². The number of fused-ring (bicyclic) bond motifs is 1. The fourth-order valence-corrected chi connectivity index (χ4v) is 6.01. The third-order valence-electron chi connectivity index (χ3n) is 6.54. The van der Waals surface area contributed by atoms with E-state index in [1.165, 1.54) is 0 Å². The molecule has 170 valence electrons. The number of hydrogen-bond donors (Lipinski definition) is 0. The average molecular weight is 450 g/mol. The highest BCUT2D eigenvalue weighted by molar-refractivity contribution is 7.89. The minimum Gasteiger partial charge on any atom is -0.378 e. The van der Waals surface area contributed by atoms with Gasteiger partial charge in [-0.15, -0.1) is 0 Å². The molecule has 0 aliphatic carbocycles. The topological polar surface area (TPSA) is 87.2 Å². The molecule has 0 bridgehead atoms. The van der Waals surface area contributed by atoms with Crippen molar-refractivity contribution in [3.8, 4) is 0 Å². The Morgan fingerprint density at radius 1 is 1.00 bits per heavy atom. The van der Waals surface area contributed by atoms with Crippen LogP contribution in [0.15, 0.2) is 23.1 Å². The Balaban J connectivity index is 1.40. The molecule has 8 nitrogen and oxygen atoms in total. The molecule has 1 aromatic carbocycles. The van der Waals surface area contributed by atoms with Gasteiger partial charge in [0.05, 0.1) is 18.1 Å². The van der Waals surface area contributed by atoms with Gasteiger partial charge in [0.25, 0.3) is 0 Å². The molecule has 4 rings (SSSR count). The lowest BCUT2D eigenvalue weighted by atomic mass is 10.0. The van der Waals surface area contributed by atoms with Crippen molar-refractivity contribution < 1.29 is 22.7 Å². The third-order valence-corrected chi connectivity index (χ3v) is 8.44. The van der Waals surface area contributed by atoms with Gasteiger partial charge < -0.3 is 14.5 Å². The molecule has 0 aromatic heterocycles. The second-order valence-corrected chi connectivity index (χ2v) is 10.6. The predicted octanol–water partition coefficient (Wildman–Crippen LogP) is 1.64. The molecule has 0 spiro atoms. The molecule has 0 atom stereocenters. The van der Waals surface area contributed by atoms with E-state index in [9.17, 15) is 18.0 Å². The average Bonchev–Trinajstić information content (AvgIpc) is 3.21. The zero-order chi connectivity index (χ0) is 22.0. The van der Waals surface area contributed by atoms with Crippen molar-refractivity contribution in [2.75, 3.05) is 50.8 Å². The van der Waals surface area contributed by atoms with E-state index in [2.05, 4.69) is 6.92 Å². The number of anilines is 1. The molecule has 3 aliphatic heterocycles. The highest BCUT2D eigenvalue weighted by Gasteiger charge is 2.31.